The number of aliphatic imine (C=N–C) groups is 1. The summed E-state index contributed by atoms with van der Waals surface area (Å²) in [6.45, 7) is 10.3. The van der Waals surface area contributed by atoms with Crippen molar-refractivity contribution < 1.29 is 0 Å². The molecule has 0 spiro atoms. The molecule has 0 saturated carbocycles. The molecule has 74 valence electrons. The van der Waals surface area contributed by atoms with Crippen LogP contribution in [0.1, 0.15) is 34.6 Å². The summed E-state index contributed by atoms with van der Waals surface area (Å²) in [7, 11) is 0. The fraction of sp³-hybridized carbons (Fsp3) is 0.545. The Hall–Kier alpha value is -1.05. The largest absolute Gasteiger partial charge is 0.384 e. The molecule has 1 heterocycles. The van der Waals surface area contributed by atoms with Gasteiger partial charge in [-0.3, -0.25) is 0 Å². The van der Waals surface area contributed by atoms with Gasteiger partial charge in [0.05, 0.1) is 0 Å². The van der Waals surface area contributed by atoms with Gasteiger partial charge in [-0.15, -0.1) is 0 Å². The summed E-state index contributed by atoms with van der Waals surface area (Å²) in [6.07, 6.45) is 5.76. The molecule has 0 bridgehead atoms. The smallest absolute Gasteiger partial charge is 0.122 e. The van der Waals surface area contributed by atoms with E-state index in [1.54, 1.807) is 0 Å². The van der Waals surface area contributed by atoms with E-state index >= 15 is 0 Å². The van der Waals surface area contributed by atoms with Gasteiger partial charge in [0, 0.05) is 11.6 Å². The number of amidine groups is 1. The number of allylic oxidation sites excluding steroid dienone is 2. The molecule has 0 amide bonds. The SMILES string of the molecule is CC.CC1=CN=C(N)C=CC1(C)C. The zero-order valence-electron chi connectivity index (χ0n) is 9.26. The molecule has 0 aromatic rings. The van der Waals surface area contributed by atoms with Gasteiger partial charge in [0.2, 0.25) is 0 Å². The van der Waals surface area contributed by atoms with E-state index in [2.05, 4.69) is 31.8 Å². The van der Waals surface area contributed by atoms with E-state index in [1.165, 1.54) is 5.57 Å². The lowest BCUT2D eigenvalue weighted by Gasteiger charge is -2.19. The second-order valence-corrected chi connectivity index (χ2v) is 3.42. The van der Waals surface area contributed by atoms with Gasteiger partial charge < -0.3 is 5.73 Å². The van der Waals surface area contributed by atoms with Gasteiger partial charge in [-0.05, 0) is 18.6 Å². The first-order chi connectivity index (χ1) is 6.02. The normalized spacial score (nSPS) is 19.2. The van der Waals surface area contributed by atoms with Crippen molar-refractivity contribution in [3.05, 3.63) is 23.9 Å². The molecule has 1 rings (SSSR count). The number of rotatable bonds is 0. The summed E-state index contributed by atoms with van der Waals surface area (Å²) in [5, 5.41) is 0. The van der Waals surface area contributed by atoms with Crippen LogP contribution in [0.15, 0.2) is 28.9 Å². The fourth-order valence-electron chi connectivity index (χ4n) is 0.806. The predicted octanol–water partition coefficient (Wildman–Crippen LogP) is 2.87. The number of hydrogen-bond donors (Lipinski definition) is 1. The molecule has 1 aliphatic heterocycles. The van der Waals surface area contributed by atoms with Crippen molar-refractivity contribution in [2.24, 2.45) is 16.1 Å². The second-order valence-electron chi connectivity index (χ2n) is 3.42. The quantitative estimate of drug-likeness (QED) is 0.611. The Morgan fingerprint density at radius 3 is 2.38 bits per heavy atom. The van der Waals surface area contributed by atoms with Crippen LogP contribution < -0.4 is 5.73 Å². The van der Waals surface area contributed by atoms with Crippen LogP contribution in [-0.2, 0) is 0 Å². The first-order valence-electron chi connectivity index (χ1n) is 4.72. The first-order valence-corrected chi connectivity index (χ1v) is 4.72. The standard InChI is InChI=1S/C9H14N2.C2H6/c1-7-6-11-8(10)4-5-9(7,2)3;1-2/h4-6H,1-3H3,(H2,10,11);1-2H3. The predicted molar refractivity (Wildman–Crippen MR) is 59.6 cm³/mol. The molecule has 0 aromatic carbocycles. The van der Waals surface area contributed by atoms with Crippen LogP contribution in [0.4, 0.5) is 0 Å². The van der Waals surface area contributed by atoms with Gasteiger partial charge in [-0.25, -0.2) is 4.99 Å². The zero-order valence-corrected chi connectivity index (χ0v) is 9.26. The lowest BCUT2D eigenvalue weighted by Crippen LogP contribution is -2.09. The number of hydrogen-bond acceptors (Lipinski definition) is 2. The van der Waals surface area contributed by atoms with E-state index in [9.17, 15) is 0 Å². The van der Waals surface area contributed by atoms with Gasteiger partial charge in [-0.2, -0.15) is 0 Å². The van der Waals surface area contributed by atoms with Crippen molar-refractivity contribution in [2.45, 2.75) is 34.6 Å². The maximum Gasteiger partial charge on any atom is 0.122 e. The lowest BCUT2D eigenvalue weighted by atomic mass is 9.86. The molecule has 0 saturated heterocycles. The molecule has 0 fully saturated rings. The topological polar surface area (TPSA) is 38.4 Å². The van der Waals surface area contributed by atoms with E-state index in [0.29, 0.717) is 5.84 Å². The molecule has 0 atom stereocenters. The average Bonchev–Trinajstić information content (AvgIpc) is 2.23. The number of nitrogens with zero attached hydrogens (tertiary/aromatic N) is 1. The molecule has 0 aliphatic carbocycles. The summed E-state index contributed by atoms with van der Waals surface area (Å²) in [4.78, 5) is 4.05. The van der Waals surface area contributed by atoms with Crippen LogP contribution in [-0.4, -0.2) is 5.84 Å². The van der Waals surface area contributed by atoms with Crippen molar-refractivity contribution in [1.29, 1.82) is 0 Å². The number of nitrogens with two attached hydrogens (primary N) is 1. The van der Waals surface area contributed by atoms with Crippen molar-refractivity contribution in [3.8, 4) is 0 Å². The van der Waals surface area contributed by atoms with Gasteiger partial charge in [0.25, 0.3) is 0 Å². The maximum atomic E-state index is 5.54. The fourth-order valence-corrected chi connectivity index (χ4v) is 0.806. The minimum atomic E-state index is 0.0879. The zero-order chi connectivity index (χ0) is 10.5. The first kappa shape index (κ1) is 11.9. The van der Waals surface area contributed by atoms with E-state index in [-0.39, 0.29) is 5.41 Å². The molecule has 2 heteroatoms. The van der Waals surface area contributed by atoms with E-state index < -0.39 is 0 Å². The van der Waals surface area contributed by atoms with Gasteiger partial charge in [0.15, 0.2) is 0 Å². The molecule has 2 N–H and O–H groups in total. The summed E-state index contributed by atoms with van der Waals surface area (Å²) >= 11 is 0. The Bertz CT molecular complexity index is 245. The highest BCUT2D eigenvalue weighted by atomic mass is 14.8. The van der Waals surface area contributed by atoms with Crippen LogP contribution in [0.2, 0.25) is 0 Å². The van der Waals surface area contributed by atoms with Crippen molar-refractivity contribution >= 4 is 5.84 Å². The summed E-state index contributed by atoms with van der Waals surface area (Å²) in [5.41, 5.74) is 6.86. The van der Waals surface area contributed by atoms with E-state index in [1.807, 2.05) is 26.1 Å². The molecule has 0 unspecified atom stereocenters. The van der Waals surface area contributed by atoms with Crippen LogP contribution in [0.3, 0.4) is 0 Å². The van der Waals surface area contributed by atoms with E-state index in [0.717, 1.165) is 0 Å². The summed E-state index contributed by atoms with van der Waals surface area (Å²) in [5.74, 6) is 0.579. The minimum absolute atomic E-state index is 0.0879. The monoisotopic (exact) mass is 180 g/mol. The Morgan fingerprint density at radius 2 is 1.85 bits per heavy atom. The Balaban J connectivity index is 0.000000671. The molecule has 2 nitrogen and oxygen atoms in total. The van der Waals surface area contributed by atoms with Crippen LogP contribution >= 0.6 is 0 Å². The molecular weight excluding hydrogens is 160 g/mol. The summed E-state index contributed by atoms with van der Waals surface area (Å²) in [6, 6.07) is 0. The molecular formula is C11H20N2. The highest BCUT2D eigenvalue weighted by Gasteiger charge is 2.17. The van der Waals surface area contributed by atoms with Gasteiger partial charge >= 0.3 is 0 Å². The second kappa shape index (κ2) is 4.85. The molecule has 1 aliphatic rings. The third-order valence-electron chi connectivity index (χ3n) is 2.09. The van der Waals surface area contributed by atoms with E-state index in [4.69, 9.17) is 5.73 Å². The average molecular weight is 180 g/mol. The lowest BCUT2D eigenvalue weighted by molar-refractivity contribution is 0.580. The highest BCUT2D eigenvalue weighted by molar-refractivity contribution is 5.92. The maximum absolute atomic E-state index is 5.54. The molecule has 0 aromatic heterocycles. The summed E-state index contributed by atoms with van der Waals surface area (Å²) < 4.78 is 0. The third kappa shape index (κ3) is 3.45. The Morgan fingerprint density at radius 1 is 1.31 bits per heavy atom. The Kier molecular flexibility index (Phi) is 4.46. The highest BCUT2D eigenvalue weighted by Crippen LogP contribution is 2.28. The van der Waals surface area contributed by atoms with Crippen molar-refractivity contribution in [3.63, 3.8) is 0 Å². The van der Waals surface area contributed by atoms with Crippen LogP contribution in [0.25, 0.3) is 0 Å². The minimum Gasteiger partial charge on any atom is -0.384 e. The molecule has 13 heavy (non-hydrogen) atoms. The van der Waals surface area contributed by atoms with Crippen LogP contribution in [0.5, 0.6) is 0 Å². The Labute approximate surface area is 81.2 Å². The van der Waals surface area contributed by atoms with Gasteiger partial charge in [0.1, 0.15) is 5.84 Å². The third-order valence-corrected chi connectivity index (χ3v) is 2.09. The van der Waals surface area contributed by atoms with Crippen molar-refractivity contribution in [2.75, 3.05) is 0 Å². The van der Waals surface area contributed by atoms with Crippen molar-refractivity contribution in [1.82, 2.24) is 0 Å². The van der Waals surface area contributed by atoms with Gasteiger partial charge in [-0.1, -0.05) is 33.8 Å². The molecule has 0 radical (unpaired) electrons. The van der Waals surface area contributed by atoms with Crippen LogP contribution in [0, 0.1) is 5.41 Å².